The molecule has 0 bridgehead atoms. The smallest absolute Gasteiger partial charge is 0.416 e. The number of rotatable bonds is 3. The van der Waals surface area contributed by atoms with Crippen LogP contribution in [-0.4, -0.2) is 29.7 Å². The van der Waals surface area contributed by atoms with Crippen LogP contribution in [0.5, 0.6) is 5.88 Å². The topological polar surface area (TPSA) is 87.0 Å². The maximum Gasteiger partial charge on any atom is 0.416 e. The van der Waals surface area contributed by atoms with Gasteiger partial charge in [-0.15, -0.1) is 10.2 Å². The van der Waals surface area contributed by atoms with Gasteiger partial charge >= 0.3 is 6.18 Å². The Bertz CT molecular complexity index is 707. The summed E-state index contributed by atoms with van der Waals surface area (Å²) in [6.45, 7) is -0.319. The average Bonchev–Trinajstić information content (AvgIpc) is 2.70. The fourth-order valence-corrected chi connectivity index (χ4v) is 1.70. The number of benzene rings is 1. The zero-order chi connectivity index (χ0) is 15.6. The van der Waals surface area contributed by atoms with E-state index in [-0.39, 0.29) is 23.2 Å². The van der Waals surface area contributed by atoms with E-state index in [0.29, 0.717) is 0 Å². The third-order valence-electron chi connectivity index (χ3n) is 2.61. The molecule has 6 nitrogen and oxygen atoms in total. The highest BCUT2D eigenvalue weighted by Gasteiger charge is 2.31. The van der Waals surface area contributed by atoms with Gasteiger partial charge in [0, 0.05) is 12.5 Å². The average molecular weight is 301 g/mol. The number of nitrogens with zero attached hydrogens (tertiary/aromatic N) is 2. The Morgan fingerprint density at radius 3 is 2.76 bits per heavy atom. The van der Waals surface area contributed by atoms with Gasteiger partial charge in [-0.05, 0) is 18.2 Å². The minimum Gasteiger partial charge on any atom is -0.493 e. The molecule has 21 heavy (non-hydrogen) atoms. The highest BCUT2D eigenvalue weighted by atomic mass is 19.4. The molecule has 0 aliphatic rings. The number of aromatic amines is 1. The number of carbonyl (C=O) groups is 1. The van der Waals surface area contributed by atoms with Crippen LogP contribution in [0.1, 0.15) is 5.56 Å². The van der Waals surface area contributed by atoms with Crippen LogP contribution in [0.25, 0.3) is 10.9 Å². The van der Waals surface area contributed by atoms with E-state index in [9.17, 15) is 23.1 Å². The molecule has 0 aliphatic carbocycles. The van der Waals surface area contributed by atoms with Crippen molar-refractivity contribution in [2.75, 3.05) is 13.7 Å². The quantitative estimate of drug-likeness (QED) is 0.854. The minimum atomic E-state index is -4.53. The Balaban J connectivity index is 2.47. The first-order chi connectivity index (χ1) is 9.82. The SMILES string of the molecule is COCC(=O)N=Nc1c(O)[nH]c2ccc(C(F)(F)F)cc12. The van der Waals surface area contributed by atoms with Gasteiger partial charge in [0.2, 0.25) is 5.88 Å². The number of amides is 1. The van der Waals surface area contributed by atoms with Crippen LogP contribution in [0, 0.1) is 0 Å². The molecular formula is C12H10F3N3O3. The number of fused-ring (bicyclic) bond motifs is 1. The van der Waals surface area contributed by atoms with E-state index in [1.54, 1.807) is 0 Å². The highest BCUT2D eigenvalue weighted by molar-refractivity contribution is 5.95. The van der Waals surface area contributed by atoms with Crippen LogP contribution in [0.3, 0.4) is 0 Å². The molecule has 2 rings (SSSR count). The van der Waals surface area contributed by atoms with Crippen molar-refractivity contribution in [3.63, 3.8) is 0 Å². The molecule has 1 heterocycles. The summed E-state index contributed by atoms with van der Waals surface area (Å²) in [4.78, 5) is 13.6. The Hall–Kier alpha value is -2.42. The second-order valence-electron chi connectivity index (χ2n) is 4.11. The predicted octanol–water partition coefficient (Wildman–Crippen LogP) is 3.15. The van der Waals surface area contributed by atoms with Gasteiger partial charge in [0.25, 0.3) is 5.91 Å². The van der Waals surface area contributed by atoms with Crippen molar-refractivity contribution in [3.05, 3.63) is 23.8 Å². The molecule has 0 radical (unpaired) electrons. The summed E-state index contributed by atoms with van der Waals surface area (Å²) in [7, 11) is 1.28. The number of halogens is 3. The lowest BCUT2D eigenvalue weighted by molar-refractivity contribution is -0.137. The molecular weight excluding hydrogens is 291 g/mol. The molecule has 2 aromatic rings. The van der Waals surface area contributed by atoms with E-state index in [1.807, 2.05) is 0 Å². The zero-order valence-electron chi connectivity index (χ0n) is 10.7. The van der Waals surface area contributed by atoms with E-state index in [4.69, 9.17) is 0 Å². The molecule has 0 fully saturated rings. The van der Waals surface area contributed by atoms with Gasteiger partial charge in [-0.25, -0.2) is 0 Å². The molecule has 2 N–H and O–H groups in total. The van der Waals surface area contributed by atoms with Crippen LogP contribution in [0.15, 0.2) is 28.4 Å². The van der Waals surface area contributed by atoms with E-state index in [2.05, 4.69) is 19.9 Å². The molecule has 0 spiro atoms. The van der Waals surface area contributed by atoms with Gasteiger partial charge < -0.3 is 14.8 Å². The third kappa shape index (κ3) is 3.19. The fourth-order valence-electron chi connectivity index (χ4n) is 1.70. The first-order valence-corrected chi connectivity index (χ1v) is 5.68. The number of azo groups is 1. The summed E-state index contributed by atoms with van der Waals surface area (Å²) < 4.78 is 42.5. The highest BCUT2D eigenvalue weighted by Crippen LogP contribution is 2.39. The molecule has 0 aliphatic heterocycles. The predicted molar refractivity (Wildman–Crippen MR) is 66.4 cm³/mol. The summed E-state index contributed by atoms with van der Waals surface area (Å²) >= 11 is 0. The third-order valence-corrected chi connectivity index (χ3v) is 2.61. The standard InChI is InChI=1S/C12H10F3N3O3/c1-21-5-9(19)17-18-10-7-4-6(12(13,14)15)2-3-8(7)16-11(10)20/h2-4,16,20H,5H2,1H3. The number of carbonyl (C=O) groups excluding carboxylic acids is 1. The molecule has 1 aromatic carbocycles. The Morgan fingerprint density at radius 2 is 2.14 bits per heavy atom. The summed E-state index contributed by atoms with van der Waals surface area (Å²) in [5, 5.41) is 16.4. The van der Waals surface area contributed by atoms with Crippen molar-refractivity contribution >= 4 is 22.5 Å². The monoisotopic (exact) mass is 301 g/mol. The van der Waals surface area contributed by atoms with Gasteiger partial charge in [0.15, 0.2) is 5.69 Å². The van der Waals surface area contributed by atoms with Crippen molar-refractivity contribution in [3.8, 4) is 5.88 Å². The van der Waals surface area contributed by atoms with Crippen LogP contribution in [-0.2, 0) is 15.7 Å². The number of nitrogens with one attached hydrogen (secondary N) is 1. The number of hydrogen-bond acceptors (Lipinski definition) is 4. The second kappa shape index (κ2) is 5.52. The normalized spacial score (nSPS) is 12.4. The minimum absolute atomic E-state index is 0.0105. The maximum atomic E-state index is 12.7. The summed E-state index contributed by atoms with van der Waals surface area (Å²) in [6, 6.07) is 2.85. The van der Waals surface area contributed by atoms with Gasteiger partial charge in [-0.3, -0.25) is 4.79 Å². The van der Waals surface area contributed by atoms with E-state index < -0.39 is 23.5 Å². The number of hydrogen-bond donors (Lipinski definition) is 2. The van der Waals surface area contributed by atoms with E-state index >= 15 is 0 Å². The van der Waals surface area contributed by atoms with Crippen molar-refractivity contribution < 1.29 is 27.8 Å². The molecule has 0 saturated carbocycles. The van der Waals surface area contributed by atoms with Crippen LogP contribution in [0.2, 0.25) is 0 Å². The molecule has 1 aromatic heterocycles. The number of methoxy groups -OCH3 is 1. The number of aromatic hydroxyl groups is 1. The number of ether oxygens (including phenoxy) is 1. The molecule has 9 heteroatoms. The van der Waals surface area contributed by atoms with Crippen LogP contribution in [0.4, 0.5) is 18.9 Å². The first kappa shape index (κ1) is 15.0. The Morgan fingerprint density at radius 1 is 1.43 bits per heavy atom. The lowest BCUT2D eigenvalue weighted by Gasteiger charge is -2.05. The van der Waals surface area contributed by atoms with Crippen molar-refractivity contribution in [1.29, 1.82) is 0 Å². The Labute approximate surface area is 116 Å². The van der Waals surface area contributed by atoms with Gasteiger partial charge in [-0.1, -0.05) is 0 Å². The molecule has 1 amide bonds. The second-order valence-corrected chi connectivity index (χ2v) is 4.11. The lowest BCUT2D eigenvalue weighted by atomic mass is 10.1. The largest absolute Gasteiger partial charge is 0.493 e. The zero-order valence-corrected chi connectivity index (χ0v) is 10.7. The van der Waals surface area contributed by atoms with Gasteiger partial charge in [0.05, 0.1) is 11.1 Å². The van der Waals surface area contributed by atoms with E-state index in [1.165, 1.54) is 7.11 Å². The fraction of sp³-hybridized carbons (Fsp3) is 0.250. The number of aromatic nitrogens is 1. The maximum absolute atomic E-state index is 12.7. The van der Waals surface area contributed by atoms with Crippen molar-refractivity contribution in [2.45, 2.75) is 6.18 Å². The van der Waals surface area contributed by atoms with Crippen LogP contribution >= 0.6 is 0 Å². The van der Waals surface area contributed by atoms with Crippen LogP contribution < -0.4 is 0 Å². The first-order valence-electron chi connectivity index (χ1n) is 5.68. The lowest BCUT2D eigenvalue weighted by Crippen LogP contribution is -2.03. The van der Waals surface area contributed by atoms with Crippen molar-refractivity contribution in [2.24, 2.45) is 10.2 Å². The van der Waals surface area contributed by atoms with Gasteiger partial charge in [-0.2, -0.15) is 13.2 Å². The summed E-state index contributed by atoms with van der Waals surface area (Å²) in [5.74, 6) is -1.20. The summed E-state index contributed by atoms with van der Waals surface area (Å²) in [6.07, 6.45) is -4.53. The molecule has 0 unspecified atom stereocenters. The Kier molecular flexibility index (Phi) is 3.94. The number of alkyl halides is 3. The molecule has 112 valence electrons. The number of H-pyrrole nitrogens is 1. The summed E-state index contributed by atoms with van der Waals surface area (Å²) in [5.41, 5.74) is -0.886. The van der Waals surface area contributed by atoms with Gasteiger partial charge in [0.1, 0.15) is 6.61 Å². The van der Waals surface area contributed by atoms with E-state index in [0.717, 1.165) is 18.2 Å². The molecule has 0 atom stereocenters. The molecule has 0 saturated heterocycles. The van der Waals surface area contributed by atoms with Crippen molar-refractivity contribution in [1.82, 2.24) is 4.98 Å².